The summed E-state index contributed by atoms with van der Waals surface area (Å²) in [5, 5.41) is 12.8. The molecule has 1 saturated heterocycles. The molecule has 1 N–H and O–H groups in total. The summed E-state index contributed by atoms with van der Waals surface area (Å²) in [6.07, 6.45) is 0.533. The second-order valence-corrected chi connectivity index (χ2v) is 4.47. The number of nitroso groups, excluding NO2 is 1. The van der Waals surface area contributed by atoms with Gasteiger partial charge in [-0.3, -0.25) is 5.01 Å². The highest BCUT2D eigenvalue weighted by atomic mass is 19.1. The maximum Gasteiger partial charge on any atom is 0.335 e. The van der Waals surface area contributed by atoms with Crippen molar-refractivity contribution in [2.24, 2.45) is 5.29 Å². The van der Waals surface area contributed by atoms with Crippen LogP contribution in [0.1, 0.15) is 16.8 Å². The molecule has 1 aromatic carbocycles. The van der Waals surface area contributed by atoms with Crippen LogP contribution < -0.4 is 4.90 Å². The van der Waals surface area contributed by atoms with Crippen LogP contribution in [0.4, 0.5) is 14.5 Å². The molecule has 0 unspecified atom stereocenters. The molecular formula is C12H13F2N3O3. The van der Waals surface area contributed by atoms with E-state index in [2.05, 4.69) is 5.29 Å². The van der Waals surface area contributed by atoms with Gasteiger partial charge >= 0.3 is 5.97 Å². The van der Waals surface area contributed by atoms with E-state index in [1.165, 1.54) is 9.91 Å². The van der Waals surface area contributed by atoms with Crippen molar-refractivity contribution in [2.75, 3.05) is 31.1 Å². The zero-order valence-corrected chi connectivity index (χ0v) is 10.6. The lowest BCUT2D eigenvalue weighted by molar-refractivity contribution is 0.0696. The second-order valence-electron chi connectivity index (χ2n) is 4.47. The molecule has 1 aliphatic rings. The third-order valence-corrected chi connectivity index (χ3v) is 3.17. The van der Waals surface area contributed by atoms with Crippen molar-refractivity contribution in [3.05, 3.63) is 34.2 Å². The lowest BCUT2D eigenvalue weighted by Gasteiger charge is -2.23. The van der Waals surface area contributed by atoms with Gasteiger partial charge in [0.1, 0.15) is 17.3 Å². The van der Waals surface area contributed by atoms with E-state index in [1.54, 1.807) is 0 Å². The third-order valence-electron chi connectivity index (χ3n) is 3.17. The number of benzene rings is 1. The summed E-state index contributed by atoms with van der Waals surface area (Å²) in [4.78, 5) is 22.6. The fourth-order valence-electron chi connectivity index (χ4n) is 2.20. The highest BCUT2D eigenvalue weighted by Gasteiger charge is 2.22. The molecule has 0 atom stereocenters. The normalized spacial score (nSPS) is 15.9. The average Bonchev–Trinajstić information content (AvgIpc) is 2.63. The zero-order chi connectivity index (χ0) is 14.7. The predicted octanol–water partition coefficient (Wildman–Crippen LogP) is 1.86. The van der Waals surface area contributed by atoms with Gasteiger partial charge < -0.3 is 10.0 Å². The number of aromatic carboxylic acids is 1. The average molecular weight is 285 g/mol. The fraction of sp³-hybridized carbons (Fsp3) is 0.417. The first-order valence-electron chi connectivity index (χ1n) is 6.08. The Morgan fingerprint density at radius 2 is 1.80 bits per heavy atom. The highest BCUT2D eigenvalue weighted by molar-refractivity contribution is 5.88. The number of carboxylic acid groups (broad SMARTS) is 1. The molecule has 0 bridgehead atoms. The van der Waals surface area contributed by atoms with E-state index in [-0.39, 0.29) is 18.8 Å². The Balaban J connectivity index is 2.28. The van der Waals surface area contributed by atoms with Crippen LogP contribution in [0.15, 0.2) is 17.4 Å². The molecule has 0 saturated carbocycles. The maximum absolute atomic E-state index is 13.9. The van der Waals surface area contributed by atoms with E-state index in [9.17, 15) is 18.5 Å². The molecule has 0 aliphatic carbocycles. The molecule has 1 aliphatic heterocycles. The summed E-state index contributed by atoms with van der Waals surface area (Å²) >= 11 is 0. The molecule has 8 heteroatoms. The van der Waals surface area contributed by atoms with E-state index in [0.29, 0.717) is 19.5 Å². The van der Waals surface area contributed by atoms with Crippen LogP contribution >= 0.6 is 0 Å². The third kappa shape index (κ3) is 2.84. The first-order valence-corrected chi connectivity index (χ1v) is 6.08. The lowest BCUT2D eigenvalue weighted by Crippen LogP contribution is -2.30. The number of carbonyl (C=O) groups is 1. The summed E-state index contributed by atoms with van der Waals surface area (Å²) in [5.74, 6) is -3.23. The van der Waals surface area contributed by atoms with Crippen molar-refractivity contribution in [3.8, 4) is 0 Å². The van der Waals surface area contributed by atoms with E-state index < -0.39 is 23.2 Å². The van der Waals surface area contributed by atoms with E-state index in [4.69, 9.17) is 5.11 Å². The number of hydrogen-bond acceptors (Lipinski definition) is 4. The minimum absolute atomic E-state index is 0.242. The molecule has 6 nitrogen and oxygen atoms in total. The molecule has 108 valence electrons. The molecule has 1 fully saturated rings. The molecule has 1 aromatic rings. The SMILES string of the molecule is O=NN1CCCN(c2c(F)cc(C(=O)O)cc2F)CC1. The van der Waals surface area contributed by atoms with Crippen molar-refractivity contribution in [3.63, 3.8) is 0 Å². The van der Waals surface area contributed by atoms with Crippen molar-refractivity contribution in [2.45, 2.75) is 6.42 Å². The van der Waals surface area contributed by atoms with E-state index >= 15 is 0 Å². The van der Waals surface area contributed by atoms with Gasteiger partial charge in [0.2, 0.25) is 0 Å². The van der Waals surface area contributed by atoms with Gasteiger partial charge in [-0.2, -0.15) is 0 Å². The van der Waals surface area contributed by atoms with Gasteiger partial charge in [-0.25, -0.2) is 13.6 Å². The molecule has 1 heterocycles. The zero-order valence-electron chi connectivity index (χ0n) is 10.6. The standard InChI is InChI=1S/C12H13F2N3O3/c13-9-6-8(12(18)19)7-10(14)11(9)16-2-1-3-17(15-20)5-4-16/h6-7H,1-5H2,(H,18,19). The number of halogens is 2. The van der Waals surface area contributed by atoms with E-state index in [1.807, 2.05) is 0 Å². The van der Waals surface area contributed by atoms with E-state index in [0.717, 1.165) is 12.1 Å². The Morgan fingerprint density at radius 3 is 2.35 bits per heavy atom. The minimum atomic E-state index is -1.39. The summed E-state index contributed by atoms with van der Waals surface area (Å²) in [5.41, 5.74) is -0.697. The van der Waals surface area contributed by atoms with Crippen molar-refractivity contribution in [1.29, 1.82) is 0 Å². The predicted molar refractivity (Wildman–Crippen MR) is 67.5 cm³/mol. The summed E-state index contributed by atoms with van der Waals surface area (Å²) in [6, 6.07) is 1.59. The first kappa shape index (κ1) is 14.2. The molecular weight excluding hydrogens is 272 g/mol. The Bertz CT molecular complexity index is 516. The van der Waals surface area contributed by atoms with Gasteiger partial charge in [-0.15, -0.1) is 4.91 Å². The Kier molecular flexibility index (Phi) is 4.11. The number of rotatable bonds is 3. The quantitative estimate of drug-likeness (QED) is 0.858. The lowest BCUT2D eigenvalue weighted by atomic mass is 10.1. The number of hydrogen-bond donors (Lipinski definition) is 1. The van der Waals surface area contributed by atoms with Crippen molar-refractivity contribution in [1.82, 2.24) is 5.01 Å². The van der Waals surface area contributed by atoms with Gasteiger partial charge in [0, 0.05) is 19.6 Å². The fourth-order valence-corrected chi connectivity index (χ4v) is 2.20. The first-order chi connectivity index (χ1) is 9.52. The molecule has 0 aromatic heterocycles. The van der Waals surface area contributed by atoms with Crippen molar-refractivity contribution < 1.29 is 18.7 Å². The highest BCUT2D eigenvalue weighted by Crippen LogP contribution is 2.26. The monoisotopic (exact) mass is 285 g/mol. The van der Waals surface area contributed by atoms with Gasteiger partial charge in [-0.1, -0.05) is 0 Å². The van der Waals surface area contributed by atoms with Gasteiger partial charge in [0.15, 0.2) is 0 Å². The van der Waals surface area contributed by atoms with Crippen LogP contribution in [0.25, 0.3) is 0 Å². The Morgan fingerprint density at radius 1 is 1.15 bits per heavy atom. The molecule has 2 rings (SSSR count). The largest absolute Gasteiger partial charge is 0.478 e. The van der Waals surface area contributed by atoms with Crippen molar-refractivity contribution >= 4 is 11.7 Å². The Hall–Kier alpha value is -2.25. The van der Waals surface area contributed by atoms with Crippen LogP contribution in [0.2, 0.25) is 0 Å². The van der Waals surface area contributed by atoms with Crippen LogP contribution in [0.3, 0.4) is 0 Å². The summed E-state index contributed by atoms with van der Waals surface area (Å²) in [7, 11) is 0. The maximum atomic E-state index is 13.9. The van der Waals surface area contributed by atoms with Gasteiger partial charge in [0.25, 0.3) is 0 Å². The van der Waals surface area contributed by atoms with Crippen LogP contribution in [0.5, 0.6) is 0 Å². The topological polar surface area (TPSA) is 73.2 Å². The molecule has 0 amide bonds. The van der Waals surface area contributed by atoms with Gasteiger partial charge in [0.05, 0.1) is 17.4 Å². The van der Waals surface area contributed by atoms with Crippen LogP contribution in [0, 0.1) is 16.5 Å². The Labute approximate surface area is 113 Å². The van der Waals surface area contributed by atoms with Crippen LogP contribution in [-0.2, 0) is 0 Å². The number of anilines is 1. The number of nitrogens with zero attached hydrogens (tertiary/aromatic N) is 3. The summed E-state index contributed by atoms with van der Waals surface area (Å²) in [6.45, 7) is 1.30. The van der Waals surface area contributed by atoms with Gasteiger partial charge in [-0.05, 0) is 18.6 Å². The van der Waals surface area contributed by atoms with Crippen LogP contribution in [-0.4, -0.2) is 42.3 Å². The molecule has 0 radical (unpaired) electrons. The summed E-state index contributed by atoms with van der Waals surface area (Å²) < 4.78 is 27.8. The molecule has 20 heavy (non-hydrogen) atoms. The minimum Gasteiger partial charge on any atom is -0.478 e. The second kappa shape index (κ2) is 5.81. The number of carboxylic acids is 1. The smallest absolute Gasteiger partial charge is 0.335 e. The molecule has 0 spiro atoms.